The molecule has 0 radical (unpaired) electrons. The van der Waals surface area contributed by atoms with Crippen LogP contribution in [0.5, 0.6) is 0 Å². The first-order valence-electron chi connectivity index (χ1n) is 6.15. The van der Waals surface area contributed by atoms with Crippen molar-refractivity contribution in [2.45, 2.75) is 39.7 Å². The predicted octanol–water partition coefficient (Wildman–Crippen LogP) is 3.90. The Labute approximate surface area is 104 Å². The van der Waals surface area contributed by atoms with Crippen LogP contribution in [-0.2, 0) is 12.0 Å². The van der Waals surface area contributed by atoms with Crippen LogP contribution in [0.4, 0.5) is 0 Å². The summed E-state index contributed by atoms with van der Waals surface area (Å²) in [5.74, 6) is 0. The van der Waals surface area contributed by atoms with Gasteiger partial charge >= 0.3 is 0 Å². The van der Waals surface area contributed by atoms with Crippen molar-refractivity contribution >= 4 is 10.8 Å². The molecule has 17 heavy (non-hydrogen) atoms. The van der Waals surface area contributed by atoms with E-state index in [0.717, 1.165) is 0 Å². The van der Waals surface area contributed by atoms with Gasteiger partial charge in [0, 0.05) is 6.54 Å². The summed E-state index contributed by atoms with van der Waals surface area (Å²) < 4.78 is 0. The lowest BCUT2D eigenvalue weighted by atomic mass is 9.85. The average Bonchev–Trinajstić information content (AvgIpc) is 2.26. The zero-order valence-electron chi connectivity index (χ0n) is 11.2. The van der Waals surface area contributed by atoms with Crippen LogP contribution in [0.25, 0.3) is 10.8 Å². The molecule has 0 aromatic heterocycles. The van der Waals surface area contributed by atoms with Gasteiger partial charge in [-0.25, -0.2) is 0 Å². The van der Waals surface area contributed by atoms with Crippen molar-refractivity contribution < 1.29 is 0 Å². The van der Waals surface area contributed by atoms with E-state index < -0.39 is 0 Å². The zero-order chi connectivity index (χ0) is 12.6. The van der Waals surface area contributed by atoms with E-state index in [9.17, 15) is 0 Å². The maximum Gasteiger partial charge on any atom is 0.0180 e. The molecule has 2 aromatic carbocycles. The van der Waals surface area contributed by atoms with E-state index in [2.05, 4.69) is 58.0 Å². The van der Waals surface area contributed by atoms with Crippen molar-refractivity contribution in [1.82, 2.24) is 0 Å². The normalized spacial score (nSPS) is 12.1. The Morgan fingerprint density at radius 2 is 1.71 bits per heavy atom. The monoisotopic (exact) mass is 227 g/mol. The van der Waals surface area contributed by atoms with E-state index in [1.807, 2.05) is 0 Å². The lowest BCUT2D eigenvalue weighted by Crippen LogP contribution is -2.10. The first-order valence-corrected chi connectivity index (χ1v) is 6.15. The van der Waals surface area contributed by atoms with Gasteiger partial charge in [-0.2, -0.15) is 0 Å². The Hall–Kier alpha value is -1.34. The quantitative estimate of drug-likeness (QED) is 0.785. The third kappa shape index (κ3) is 2.34. The Bertz CT molecular complexity index is 547. The van der Waals surface area contributed by atoms with Gasteiger partial charge < -0.3 is 5.73 Å². The molecule has 1 heteroatoms. The molecule has 0 fully saturated rings. The summed E-state index contributed by atoms with van der Waals surface area (Å²) in [5.41, 5.74) is 9.84. The Morgan fingerprint density at radius 1 is 1.00 bits per heavy atom. The van der Waals surface area contributed by atoms with Crippen LogP contribution in [0.3, 0.4) is 0 Å². The molecular formula is C16H21N. The number of hydrogen-bond acceptors (Lipinski definition) is 1. The molecule has 0 heterocycles. The van der Waals surface area contributed by atoms with E-state index in [1.165, 1.54) is 27.5 Å². The first kappa shape index (κ1) is 12.1. The predicted molar refractivity (Wildman–Crippen MR) is 75.3 cm³/mol. The van der Waals surface area contributed by atoms with Gasteiger partial charge in [0.05, 0.1) is 0 Å². The molecule has 0 unspecified atom stereocenters. The third-order valence-electron chi connectivity index (χ3n) is 3.38. The van der Waals surface area contributed by atoms with E-state index in [0.29, 0.717) is 6.54 Å². The molecule has 2 aromatic rings. The smallest absolute Gasteiger partial charge is 0.0180 e. The van der Waals surface area contributed by atoms with E-state index in [4.69, 9.17) is 5.73 Å². The minimum Gasteiger partial charge on any atom is -0.326 e. The highest BCUT2D eigenvalue weighted by Gasteiger charge is 2.13. The van der Waals surface area contributed by atoms with Crippen LogP contribution in [-0.4, -0.2) is 0 Å². The zero-order valence-corrected chi connectivity index (χ0v) is 11.2. The molecule has 0 aliphatic carbocycles. The number of aryl methyl sites for hydroxylation is 1. The lowest BCUT2D eigenvalue weighted by Gasteiger charge is -2.19. The molecule has 0 bridgehead atoms. The largest absolute Gasteiger partial charge is 0.326 e. The van der Waals surface area contributed by atoms with Gasteiger partial charge in [0.1, 0.15) is 0 Å². The SMILES string of the molecule is Cc1cc2cc(C(C)(C)C)ccc2cc1CN. The topological polar surface area (TPSA) is 26.0 Å². The van der Waals surface area contributed by atoms with Gasteiger partial charge in [-0.3, -0.25) is 0 Å². The molecule has 0 atom stereocenters. The van der Waals surface area contributed by atoms with Crippen molar-refractivity contribution in [1.29, 1.82) is 0 Å². The van der Waals surface area contributed by atoms with Crippen LogP contribution in [0.15, 0.2) is 30.3 Å². The summed E-state index contributed by atoms with van der Waals surface area (Å²) in [4.78, 5) is 0. The summed E-state index contributed by atoms with van der Waals surface area (Å²) in [6.45, 7) is 9.48. The standard InChI is InChI=1S/C16H21N/c1-11-7-13-9-15(16(2,3)4)6-5-12(13)8-14(11)10-17/h5-9H,10,17H2,1-4H3. The molecular weight excluding hydrogens is 206 g/mol. The summed E-state index contributed by atoms with van der Waals surface area (Å²) in [5, 5.41) is 2.59. The first-order chi connectivity index (χ1) is 7.91. The lowest BCUT2D eigenvalue weighted by molar-refractivity contribution is 0.591. The molecule has 0 aliphatic rings. The highest BCUT2D eigenvalue weighted by atomic mass is 14.5. The molecule has 0 spiro atoms. The van der Waals surface area contributed by atoms with Gasteiger partial charge in [-0.15, -0.1) is 0 Å². The second-order valence-electron chi connectivity index (χ2n) is 5.79. The summed E-state index contributed by atoms with van der Waals surface area (Å²) in [6.07, 6.45) is 0. The van der Waals surface area contributed by atoms with Crippen LogP contribution < -0.4 is 5.73 Å². The van der Waals surface area contributed by atoms with Gasteiger partial charge in [0.15, 0.2) is 0 Å². The van der Waals surface area contributed by atoms with E-state index in [-0.39, 0.29) is 5.41 Å². The van der Waals surface area contributed by atoms with Gasteiger partial charge in [-0.05, 0) is 45.9 Å². The average molecular weight is 227 g/mol. The number of fused-ring (bicyclic) bond motifs is 1. The van der Waals surface area contributed by atoms with Crippen molar-refractivity contribution in [2.75, 3.05) is 0 Å². The van der Waals surface area contributed by atoms with Crippen LogP contribution in [0.1, 0.15) is 37.5 Å². The molecule has 0 amide bonds. The number of benzene rings is 2. The third-order valence-corrected chi connectivity index (χ3v) is 3.38. The second-order valence-corrected chi connectivity index (χ2v) is 5.79. The fourth-order valence-corrected chi connectivity index (χ4v) is 2.15. The summed E-state index contributed by atoms with van der Waals surface area (Å²) in [7, 11) is 0. The molecule has 0 saturated heterocycles. The Balaban J connectivity index is 2.63. The minimum atomic E-state index is 0.203. The van der Waals surface area contributed by atoms with Crippen LogP contribution in [0, 0.1) is 6.92 Å². The molecule has 1 nitrogen and oxygen atoms in total. The molecule has 90 valence electrons. The second kappa shape index (κ2) is 4.15. The summed E-state index contributed by atoms with van der Waals surface area (Å²) >= 11 is 0. The van der Waals surface area contributed by atoms with E-state index in [1.54, 1.807) is 0 Å². The summed E-state index contributed by atoms with van der Waals surface area (Å²) in [6, 6.07) is 11.2. The van der Waals surface area contributed by atoms with Crippen LogP contribution >= 0.6 is 0 Å². The maximum atomic E-state index is 5.74. The van der Waals surface area contributed by atoms with Crippen molar-refractivity contribution in [3.63, 3.8) is 0 Å². The molecule has 2 rings (SSSR count). The highest BCUT2D eigenvalue weighted by molar-refractivity contribution is 5.85. The maximum absolute atomic E-state index is 5.74. The van der Waals surface area contributed by atoms with Crippen molar-refractivity contribution in [2.24, 2.45) is 5.73 Å². The van der Waals surface area contributed by atoms with Gasteiger partial charge in [0.2, 0.25) is 0 Å². The van der Waals surface area contributed by atoms with Crippen molar-refractivity contribution in [3.05, 3.63) is 47.0 Å². The Morgan fingerprint density at radius 3 is 2.29 bits per heavy atom. The molecule has 0 aliphatic heterocycles. The number of rotatable bonds is 1. The van der Waals surface area contributed by atoms with Gasteiger partial charge in [0.25, 0.3) is 0 Å². The van der Waals surface area contributed by atoms with Crippen LogP contribution in [0.2, 0.25) is 0 Å². The molecule has 0 saturated carbocycles. The van der Waals surface area contributed by atoms with E-state index >= 15 is 0 Å². The fourth-order valence-electron chi connectivity index (χ4n) is 2.15. The number of nitrogens with two attached hydrogens (primary N) is 1. The van der Waals surface area contributed by atoms with Crippen molar-refractivity contribution in [3.8, 4) is 0 Å². The minimum absolute atomic E-state index is 0.203. The highest BCUT2D eigenvalue weighted by Crippen LogP contribution is 2.27. The Kier molecular flexibility index (Phi) is 2.96. The van der Waals surface area contributed by atoms with Gasteiger partial charge in [-0.1, -0.05) is 45.0 Å². The number of hydrogen-bond donors (Lipinski definition) is 1. The molecule has 2 N–H and O–H groups in total. The fraction of sp³-hybridized carbons (Fsp3) is 0.375.